The lowest BCUT2D eigenvalue weighted by atomic mass is 10.1. The van der Waals surface area contributed by atoms with Crippen LogP contribution in [0.3, 0.4) is 0 Å². The molecule has 0 aliphatic carbocycles. The minimum atomic E-state index is 0.0325. The average Bonchev–Trinajstić information content (AvgIpc) is 2.67. The molecule has 1 unspecified atom stereocenters. The van der Waals surface area contributed by atoms with Crippen LogP contribution >= 0.6 is 0 Å². The Morgan fingerprint density at radius 1 is 1.35 bits per heavy atom. The third-order valence-corrected chi connectivity index (χ3v) is 4.49. The van der Waals surface area contributed by atoms with E-state index < -0.39 is 0 Å². The zero-order valence-corrected chi connectivity index (χ0v) is 15.4. The van der Waals surface area contributed by atoms with Crippen molar-refractivity contribution in [2.45, 2.75) is 32.5 Å². The summed E-state index contributed by atoms with van der Waals surface area (Å²) in [5.41, 5.74) is 3.68. The zero-order valence-electron chi connectivity index (χ0n) is 15.4. The summed E-state index contributed by atoms with van der Waals surface area (Å²) in [5, 5.41) is 0. The molecule has 0 saturated carbocycles. The van der Waals surface area contributed by atoms with Gasteiger partial charge in [0, 0.05) is 37.2 Å². The lowest BCUT2D eigenvalue weighted by Gasteiger charge is -2.33. The minimum Gasteiger partial charge on any atom is -0.380 e. The summed E-state index contributed by atoms with van der Waals surface area (Å²) in [6.07, 6.45) is 3.28. The first-order valence-corrected chi connectivity index (χ1v) is 8.92. The van der Waals surface area contributed by atoms with E-state index in [1.807, 2.05) is 42.2 Å². The van der Waals surface area contributed by atoms with Crippen molar-refractivity contribution in [2.75, 3.05) is 26.8 Å². The van der Waals surface area contributed by atoms with Gasteiger partial charge in [0.1, 0.15) is 6.33 Å². The molecular weight excluding hydrogens is 330 g/mol. The van der Waals surface area contributed by atoms with Crippen LogP contribution in [0.4, 0.5) is 0 Å². The molecule has 1 aromatic carbocycles. The van der Waals surface area contributed by atoms with E-state index in [4.69, 9.17) is 9.47 Å². The maximum atomic E-state index is 12.8. The number of aryl methyl sites for hydroxylation is 2. The topological polar surface area (TPSA) is 64.5 Å². The fourth-order valence-corrected chi connectivity index (χ4v) is 3.18. The molecule has 1 atom stereocenters. The van der Waals surface area contributed by atoms with Gasteiger partial charge in [-0.2, -0.15) is 0 Å². The summed E-state index contributed by atoms with van der Waals surface area (Å²) in [4.78, 5) is 23.1. The van der Waals surface area contributed by atoms with Crippen LogP contribution in [0.2, 0.25) is 0 Å². The van der Waals surface area contributed by atoms with Crippen LogP contribution in [0, 0.1) is 6.92 Å². The van der Waals surface area contributed by atoms with Crippen molar-refractivity contribution in [3.05, 3.63) is 59.2 Å². The molecule has 1 aliphatic heterocycles. The predicted molar refractivity (Wildman–Crippen MR) is 97.9 cm³/mol. The van der Waals surface area contributed by atoms with E-state index in [0.29, 0.717) is 31.9 Å². The second-order valence-corrected chi connectivity index (χ2v) is 6.57. The Labute approximate surface area is 154 Å². The predicted octanol–water partition coefficient (Wildman–Crippen LogP) is 2.41. The van der Waals surface area contributed by atoms with Gasteiger partial charge in [-0.05, 0) is 43.5 Å². The SMILES string of the molecule is COCc1cccc(C(=O)N2CCOC(CCc3cc(C)ncn3)C2)c1. The van der Waals surface area contributed by atoms with Gasteiger partial charge in [-0.1, -0.05) is 12.1 Å². The fourth-order valence-electron chi connectivity index (χ4n) is 3.18. The van der Waals surface area contributed by atoms with Crippen LogP contribution in [0.1, 0.15) is 33.7 Å². The fraction of sp³-hybridized carbons (Fsp3) is 0.450. The third-order valence-electron chi connectivity index (χ3n) is 4.49. The van der Waals surface area contributed by atoms with Gasteiger partial charge in [0.15, 0.2) is 0 Å². The van der Waals surface area contributed by atoms with Crippen LogP contribution in [0.5, 0.6) is 0 Å². The first kappa shape index (κ1) is 18.5. The molecule has 6 heteroatoms. The number of amides is 1. The monoisotopic (exact) mass is 355 g/mol. The molecule has 2 aromatic rings. The van der Waals surface area contributed by atoms with Gasteiger partial charge < -0.3 is 14.4 Å². The summed E-state index contributed by atoms with van der Waals surface area (Å²) < 4.78 is 11.0. The Bertz CT molecular complexity index is 751. The quantitative estimate of drug-likeness (QED) is 0.796. The van der Waals surface area contributed by atoms with Crippen molar-refractivity contribution in [2.24, 2.45) is 0 Å². The van der Waals surface area contributed by atoms with E-state index in [1.54, 1.807) is 13.4 Å². The van der Waals surface area contributed by atoms with Gasteiger partial charge in [-0.25, -0.2) is 9.97 Å². The highest BCUT2D eigenvalue weighted by Gasteiger charge is 2.25. The molecule has 26 heavy (non-hydrogen) atoms. The van der Waals surface area contributed by atoms with Crippen LogP contribution in [0.15, 0.2) is 36.7 Å². The first-order valence-electron chi connectivity index (χ1n) is 8.92. The highest BCUT2D eigenvalue weighted by Crippen LogP contribution is 2.16. The molecule has 2 heterocycles. The van der Waals surface area contributed by atoms with Crippen LogP contribution < -0.4 is 0 Å². The van der Waals surface area contributed by atoms with E-state index in [9.17, 15) is 4.79 Å². The first-order chi connectivity index (χ1) is 12.7. The van der Waals surface area contributed by atoms with Crippen molar-refractivity contribution in [1.82, 2.24) is 14.9 Å². The van der Waals surface area contributed by atoms with Crippen molar-refractivity contribution < 1.29 is 14.3 Å². The Balaban J connectivity index is 1.59. The van der Waals surface area contributed by atoms with Crippen molar-refractivity contribution in [3.63, 3.8) is 0 Å². The van der Waals surface area contributed by atoms with Crippen LogP contribution in [-0.2, 0) is 22.5 Å². The number of hydrogen-bond acceptors (Lipinski definition) is 5. The standard InChI is InChI=1S/C20H25N3O3/c1-15-10-18(22-14-21-15)6-7-19-12-23(8-9-26-19)20(24)17-5-3-4-16(11-17)13-25-2/h3-5,10-11,14,19H,6-9,12-13H2,1-2H3. The van der Waals surface area contributed by atoms with Crippen LogP contribution in [-0.4, -0.2) is 53.7 Å². The second-order valence-electron chi connectivity index (χ2n) is 6.57. The highest BCUT2D eigenvalue weighted by molar-refractivity contribution is 5.94. The minimum absolute atomic E-state index is 0.0325. The van der Waals surface area contributed by atoms with Gasteiger partial charge >= 0.3 is 0 Å². The summed E-state index contributed by atoms with van der Waals surface area (Å²) in [6.45, 7) is 4.26. The van der Waals surface area contributed by atoms with Gasteiger partial charge in [0.05, 0.1) is 19.3 Å². The number of aromatic nitrogens is 2. The van der Waals surface area contributed by atoms with E-state index in [-0.39, 0.29) is 12.0 Å². The van der Waals surface area contributed by atoms with E-state index in [2.05, 4.69) is 9.97 Å². The smallest absolute Gasteiger partial charge is 0.254 e. The molecule has 1 aliphatic rings. The number of morpholine rings is 1. The molecule has 6 nitrogen and oxygen atoms in total. The molecule has 3 rings (SSSR count). The number of nitrogens with zero attached hydrogens (tertiary/aromatic N) is 3. The van der Waals surface area contributed by atoms with E-state index >= 15 is 0 Å². The molecule has 1 saturated heterocycles. The maximum absolute atomic E-state index is 12.8. The number of methoxy groups -OCH3 is 1. The van der Waals surface area contributed by atoms with E-state index in [0.717, 1.165) is 29.8 Å². The summed E-state index contributed by atoms with van der Waals surface area (Å²) in [7, 11) is 1.65. The molecule has 0 bridgehead atoms. The molecular formula is C20H25N3O3. The Morgan fingerprint density at radius 3 is 3.04 bits per heavy atom. The number of carbonyl (C=O) groups excluding carboxylic acids is 1. The Kier molecular flexibility index (Phi) is 6.30. The van der Waals surface area contributed by atoms with Gasteiger partial charge in [0.2, 0.25) is 0 Å². The molecule has 138 valence electrons. The highest BCUT2D eigenvalue weighted by atomic mass is 16.5. The molecule has 1 amide bonds. The molecule has 1 aromatic heterocycles. The van der Waals surface area contributed by atoms with Crippen molar-refractivity contribution >= 4 is 5.91 Å². The molecule has 0 radical (unpaired) electrons. The second kappa shape index (κ2) is 8.87. The third kappa shape index (κ3) is 4.86. The molecule has 0 spiro atoms. The van der Waals surface area contributed by atoms with Gasteiger partial charge in [-0.3, -0.25) is 4.79 Å². The van der Waals surface area contributed by atoms with Crippen molar-refractivity contribution in [1.29, 1.82) is 0 Å². The van der Waals surface area contributed by atoms with Crippen molar-refractivity contribution in [3.8, 4) is 0 Å². The number of rotatable bonds is 6. The lowest BCUT2D eigenvalue weighted by molar-refractivity contribution is -0.0247. The van der Waals surface area contributed by atoms with Gasteiger partial charge in [-0.15, -0.1) is 0 Å². The maximum Gasteiger partial charge on any atom is 0.254 e. The zero-order chi connectivity index (χ0) is 18.4. The average molecular weight is 355 g/mol. The Hall–Kier alpha value is -2.31. The van der Waals surface area contributed by atoms with Crippen LogP contribution in [0.25, 0.3) is 0 Å². The van der Waals surface area contributed by atoms with E-state index in [1.165, 1.54) is 0 Å². The van der Waals surface area contributed by atoms with Gasteiger partial charge in [0.25, 0.3) is 5.91 Å². The number of carbonyl (C=O) groups is 1. The number of benzene rings is 1. The number of ether oxygens (including phenoxy) is 2. The normalized spacial score (nSPS) is 17.3. The molecule has 0 N–H and O–H groups in total. The largest absolute Gasteiger partial charge is 0.380 e. The summed E-state index contributed by atoms with van der Waals surface area (Å²) in [6, 6.07) is 9.62. The summed E-state index contributed by atoms with van der Waals surface area (Å²) in [5.74, 6) is 0.0501. The molecule has 1 fully saturated rings. The lowest BCUT2D eigenvalue weighted by Crippen LogP contribution is -2.45. The Morgan fingerprint density at radius 2 is 2.23 bits per heavy atom. The number of hydrogen-bond donors (Lipinski definition) is 0. The summed E-state index contributed by atoms with van der Waals surface area (Å²) >= 11 is 0.